The van der Waals surface area contributed by atoms with Gasteiger partial charge in [0.15, 0.2) is 0 Å². The number of carbonyl (C=O) groups excluding carboxylic acids is 1. The number of amides is 1. The Morgan fingerprint density at radius 1 is 1.40 bits per heavy atom. The summed E-state index contributed by atoms with van der Waals surface area (Å²) in [6.07, 6.45) is 6.19. The first-order valence-corrected chi connectivity index (χ1v) is 8.90. The molecule has 0 saturated carbocycles. The number of ether oxygens (including phenoxy) is 1. The van der Waals surface area contributed by atoms with Crippen molar-refractivity contribution in [2.75, 3.05) is 31.6 Å². The van der Waals surface area contributed by atoms with E-state index in [2.05, 4.69) is 20.9 Å². The number of anilines is 1. The maximum absolute atomic E-state index is 12.8. The summed E-state index contributed by atoms with van der Waals surface area (Å²) in [4.78, 5) is 24.6. The van der Waals surface area contributed by atoms with Gasteiger partial charge in [-0.2, -0.15) is 0 Å². The number of aromatic amines is 1. The van der Waals surface area contributed by atoms with Crippen LogP contribution in [-0.2, 0) is 16.0 Å². The zero-order chi connectivity index (χ0) is 17.2. The first kappa shape index (κ1) is 16.3. The van der Waals surface area contributed by atoms with Crippen LogP contribution in [0.5, 0.6) is 0 Å². The van der Waals surface area contributed by atoms with E-state index in [-0.39, 0.29) is 18.1 Å². The maximum Gasteiger partial charge on any atom is 0.228 e. The summed E-state index contributed by atoms with van der Waals surface area (Å²) in [5.41, 5.74) is 2.34. The van der Waals surface area contributed by atoms with Gasteiger partial charge in [0, 0.05) is 51.2 Å². The van der Waals surface area contributed by atoms with Crippen LogP contribution in [0.2, 0.25) is 0 Å². The Balaban J connectivity index is 1.41. The fourth-order valence-electron chi connectivity index (χ4n) is 4.00. The third-order valence-electron chi connectivity index (χ3n) is 5.33. The monoisotopic (exact) mass is 340 g/mol. The summed E-state index contributed by atoms with van der Waals surface area (Å²) in [5.74, 6) is 1.16. The van der Waals surface area contributed by atoms with Crippen molar-refractivity contribution in [3.05, 3.63) is 48.0 Å². The molecule has 1 N–H and O–H groups in total. The third kappa shape index (κ3) is 3.19. The van der Waals surface area contributed by atoms with Crippen molar-refractivity contribution in [3.63, 3.8) is 0 Å². The topological polar surface area (TPSA) is 61.5 Å². The largest absolute Gasteiger partial charge is 0.380 e. The maximum atomic E-state index is 12.8. The first-order chi connectivity index (χ1) is 12.3. The molecule has 6 heteroatoms. The first-order valence-electron chi connectivity index (χ1n) is 8.90. The van der Waals surface area contributed by atoms with Gasteiger partial charge in [0.25, 0.3) is 0 Å². The molecule has 4 rings (SSSR count). The molecule has 1 unspecified atom stereocenters. The van der Waals surface area contributed by atoms with Gasteiger partial charge in [-0.05, 0) is 24.5 Å². The van der Waals surface area contributed by atoms with Crippen molar-refractivity contribution < 1.29 is 9.53 Å². The number of aromatic nitrogens is 2. The molecule has 25 heavy (non-hydrogen) atoms. The van der Waals surface area contributed by atoms with E-state index in [9.17, 15) is 4.79 Å². The van der Waals surface area contributed by atoms with E-state index in [1.54, 1.807) is 13.3 Å². The van der Waals surface area contributed by atoms with Crippen LogP contribution in [0, 0.1) is 0 Å². The van der Waals surface area contributed by atoms with Gasteiger partial charge in [0.05, 0.1) is 12.1 Å². The van der Waals surface area contributed by atoms with Crippen LogP contribution in [0.3, 0.4) is 0 Å². The number of nitrogens with zero attached hydrogens (tertiary/aromatic N) is 3. The highest BCUT2D eigenvalue weighted by Gasteiger charge is 2.35. The minimum atomic E-state index is 0.192. The minimum Gasteiger partial charge on any atom is -0.380 e. The zero-order valence-corrected chi connectivity index (χ0v) is 14.5. The highest BCUT2D eigenvalue weighted by Crippen LogP contribution is 2.32. The molecule has 1 aromatic heterocycles. The molecule has 3 heterocycles. The number of hydrogen-bond acceptors (Lipinski definition) is 4. The lowest BCUT2D eigenvalue weighted by molar-refractivity contribution is -0.118. The summed E-state index contributed by atoms with van der Waals surface area (Å²) < 4.78 is 5.54. The van der Waals surface area contributed by atoms with Crippen molar-refractivity contribution >= 4 is 11.6 Å². The van der Waals surface area contributed by atoms with Gasteiger partial charge in [0.1, 0.15) is 5.82 Å². The zero-order valence-electron chi connectivity index (χ0n) is 14.5. The summed E-state index contributed by atoms with van der Waals surface area (Å²) in [6.45, 7) is 2.36. The second kappa shape index (κ2) is 6.98. The average Bonchev–Trinajstić information content (AvgIpc) is 3.37. The lowest BCUT2D eigenvalue weighted by Crippen LogP contribution is -2.34. The molecule has 2 aliphatic rings. The Kier molecular flexibility index (Phi) is 4.55. The number of para-hydroxylation sites is 1. The summed E-state index contributed by atoms with van der Waals surface area (Å²) in [5, 5.41) is 0. The third-order valence-corrected chi connectivity index (χ3v) is 5.33. The number of likely N-dealkylation sites (tertiary alicyclic amines) is 1. The van der Waals surface area contributed by atoms with Crippen LogP contribution in [0.1, 0.15) is 30.3 Å². The van der Waals surface area contributed by atoms with E-state index < -0.39 is 0 Å². The van der Waals surface area contributed by atoms with Crippen LogP contribution in [0.15, 0.2) is 36.7 Å². The molecule has 0 spiro atoms. The standard InChI is InChI=1S/C19H24N4O2/c1-25-15-12-17(19-20-8-9-21-19)22(13-15)10-7-18(24)23-11-6-14-4-2-3-5-16(14)23/h2-5,8-9,15,17H,6-7,10-13H2,1H3,(H,20,21)/t15-,17?/m1/s1. The summed E-state index contributed by atoms with van der Waals surface area (Å²) in [7, 11) is 1.75. The van der Waals surface area contributed by atoms with Crippen molar-refractivity contribution in [2.24, 2.45) is 0 Å². The van der Waals surface area contributed by atoms with Crippen molar-refractivity contribution in [1.29, 1.82) is 0 Å². The molecule has 0 radical (unpaired) electrons. The molecule has 1 aromatic carbocycles. The number of fused-ring (bicyclic) bond motifs is 1. The number of nitrogens with one attached hydrogen (secondary N) is 1. The van der Waals surface area contributed by atoms with Gasteiger partial charge in [0.2, 0.25) is 5.91 Å². The summed E-state index contributed by atoms with van der Waals surface area (Å²) >= 11 is 0. The van der Waals surface area contributed by atoms with E-state index in [1.165, 1.54) is 5.56 Å². The molecular formula is C19H24N4O2. The molecular weight excluding hydrogens is 316 g/mol. The van der Waals surface area contributed by atoms with Crippen LogP contribution in [0.25, 0.3) is 0 Å². The number of hydrogen-bond donors (Lipinski definition) is 1. The van der Waals surface area contributed by atoms with E-state index in [0.29, 0.717) is 6.42 Å². The van der Waals surface area contributed by atoms with E-state index >= 15 is 0 Å². The molecule has 1 saturated heterocycles. The van der Waals surface area contributed by atoms with Crippen LogP contribution in [0.4, 0.5) is 5.69 Å². The number of carbonyl (C=O) groups is 1. The average molecular weight is 340 g/mol. The lowest BCUT2D eigenvalue weighted by Gasteiger charge is -2.24. The Morgan fingerprint density at radius 2 is 2.28 bits per heavy atom. The van der Waals surface area contributed by atoms with Gasteiger partial charge < -0.3 is 14.6 Å². The van der Waals surface area contributed by atoms with E-state index in [4.69, 9.17) is 4.74 Å². The highest BCUT2D eigenvalue weighted by molar-refractivity contribution is 5.95. The van der Waals surface area contributed by atoms with Crippen LogP contribution < -0.4 is 4.90 Å². The Labute approximate surface area is 147 Å². The molecule has 1 fully saturated rings. The number of H-pyrrole nitrogens is 1. The van der Waals surface area contributed by atoms with Gasteiger partial charge in [-0.1, -0.05) is 18.2 Å². The highest BCUT2D eigenvalue weighted by atomic mass is 16.5. The van der Waals surface area contributed by atoms with Gasteiger partial charge in [-0.3, -0.25) is 9.69 Å². The molecule has 6 nitrogen and oxygen atoms in total. The quantitative estimate of drug-likeness (QED) is 0.906. The number of methoxy groups -OCH3 is 1. The smallest absolute Gasteiger partial charge is 0.228 e. The minimum absolute atomic E-state index is 0.192. The van der Waals surface area contributed by atoms with Crippen LogP contribution >= 0.6 is 0 Å². The molecule has 0 aliphatic carbocycles. The number of imidazole rings is 1. The molecule has 1 amide bonds. The Hall–Kier alpha value is -2.18. The predicted molar refractivity (Wildman–Crippen MR) is 95.4 cm³/mol. The van der Waals surface area contributed by atoms with E-state index in [0.717, 1.165) is 44.0 Å². The normalized spacial score (nSPS) is 23.2. The molecule has 2 aliphatic heterocycles. The van der Waals surface area contributed by atoms with Crippen LogP contribution in [-0.4, -0.2) is 53.6 Å². The Morgan fingerprint density at radius 3 is 3.08 bits per heavy atom. The second-order valence-electron chi connectivity index (χ2n) is 6.75. The molecule has 2 aromatic rings. The lowest BCUT2D eigenvalue weighted by atomic mass is 10.2. The molecule has 0 bridgehead atoms. The van der Waals surface area contributed by atoms with Crippen molar-refractivity contribution in [2.45, 2.75) is 31.4 Å². The SMILES string of the molecule is CO[C@@H]1CC(c2ncc[nH]2)N(CCC(=O)N2CCc3ccccc32)C1. The molecule has 2 atom stereocenters. The van der Waals surface area contributed by atoms with Gasteiger partial charge in [-0.15, -0.1) is 0 Å². The van der Waals surface area contributed by atoms with Crippen molar-refractivity contribution in [1.82, 2.24) is 14.9 Å². The van der Waals surface area contributed by atoms with Gasteiger partial charge >= 0.3 is 0 Å². The number of benzene rings is 1. The van der Waals surface area contributed by atoms with Crippen molar-refractivity contribution in [3.8, 4) is 0 Å². The Bertz CT molecular complexity index is 731. The molecule has 132 valence electrons. The summed E-state index contributed by atoms with van der Waals surface area (Å²) in [6, 6.07) is 8.39. The van der Waals surface area contributed by atoms with Gasteiger partial charge in [-0.25, -0.2) is 4.98 Å². The predicted octanol–water partition coefficient (Wildman–Crippen LogP) is 2.15. The van der Waals surface area contributed by atoms with E-state index in [1.807, 2.05) is 29.3 Å². The second-order valence-corrected chi connectivity index (χ2v) is 6.75. The fourth-order valence-corrected chi connectivity index (χ4v) is 4.00. The fraction of sp³-hybridized carbons (Fsp3) is 0.474. The number of rotatable bonds is 5.